The summed E-state index contributed by atoms with van der Waals surface area (Å²) in [5, 5.41) is 7.77. The lowest BCUT2D eigenvalue weighted by Crippen LogP contribution is -2.29. The Hall–Kier alpha value is -1.01. The van der Waals surface area contributed by atoms with E-state index in [1.807, 2.05) is 25.2 Å². The molecule has 0 amide bonds. The molecule has 0 aromatic carbocycles. The fourth-order valence-corrected chi connectivity index (χ4v) is 1.29. The molecule has 1 aromatic rings. The topological polar surface area (TPSA) is 60.0 Å². The van der Waals surface area contributed by atoms with Crippen LogP contribution in [0.2, 0.25) is 0 Å². The summed E-state index contributed by atoms with van der Waals surface area (Å²) in [6, 6.07) is 0. The molecule has 1 heterocycles. The Morgan fingerprint density at radius 2 is 2.46 bits per heavy atom. The third kappa shape index (κ3) is 3.47. The summed E-state index contributed by atoms with van der Waals surface area (Å²) >= 11 is 4.79. The Kier molecular flexibility index (Phi) is 3.32. The third-order valence-electron chi connectivity index (χ3n) is 1.51. The van der Waals surface area contributed by atoms with Gasteiger partial charge in [0, 0.05) is 26.3 Å². The molecule has 0 aliphatic heterocycles. The van der Waals surface area contributed by atoms with Crippen LogP contribution in [0.15, 0.2) is 6.20 Å². The molecule has 1 aromatic heterocycles. The van der Waals surface area contributed by atoms with Crippen molar-refractivity contribution >= 4 is 17.2 Å². The van der Waals surface area contributed by atoms with Crippen LogP contribution < -0.4 is 5.73 Å². The van der Waals surface area contributed by atoms with E-state index in [1.54, 1.807) is 4.68 Å². The molecule has 0 saturated heterocycles. The zero-order valence-corrected chi connectivity index (χ0v) is 8.58. The summed E-state index contributed by atoms with van der Waals surface area (Å²) < 4.78 is 1.67. The fourth-order valence-electron chi connectivity index (χ4n) is 1.07. The van der Waals surface area contributed by atoms with Crippen LogP contribution in [0.3, 0.4) is 0 Å². The van der Waals surface area contributed by atoms with Gasteiger partial charge in [-0.25, -0.2) is 0 Å². The second-order valence-electron chi connectivity index (χ2n) is 3.02. The molecule has 6 heteroatoms. The molecule has 13 heavy (non-hydrogen) atoms. The Balaban J connectivity index is 2.44. The summed E-state index contributed by atoms with van der Waals surface area (Å²) in [4.78, 5) is 2.48. The lowest BCUT2D eigenvalue weighted by Gasteiger charge is -2.12. The number of hydrogen-bond donors (Lipinski definition) is 1. The maximum Gasteiger partial charge on any atom is 0.0967 e. The molecule has 0 aliphatic carbocycles. The Morgan fingerprint density at radius 1 is 1.77 bits per heavy atom. The van der Waals surface area contributed by atoms with Crippen LogP contribution in [0.5, 0.6) is 0 Å². The maximum atomic E-state index is 5.40. The van der Waals surface area contributed by atoms with E-state index in [9.17, 15) is 0 Å². The first-order valence-corrected chi connectivity index (χ1v) is 4.31. The molecule has 0 aliphatic rings. The van der Waals surface area contributed by atoms with Gasteiger partial charge in [-0.3, -0.25) is 9.58 Å². The van der Waals surface area contributed by atoms with Crippen LogP contribution in [0.1, 0.15) is 5.69 Å². The number of nitrogens with zero attached hydrogens (tertiary/aromatic N) is 4. The van der Waals surface area contributed by atoms with E-state index in [-0.39, 0.29) is 0 Å². The van der Waals surface area contributed by atoms with Crippen LogP contribution >= 0.6 is 12.2 Å². The van der Waals surface area contributed by atoms with Gasteiger partial charge in [0.05, 0.1) is 10.7 Å². The van der Waals surface area contributed by atoms with Gasteiger partial charge in [0.25, 0.3) is 0 Å². The van der Waals surface area contributed by atoms with Gasteiger partial charge in [0.1, 0.15) is 0 Å². The van der Waals surface area contributed by atoms with E-state index in [0.717, 1.165) is 5.69 Å². The average molecular weight is 199 g/mol. The average Bonchev–Trinajstić information content (AvgIpc) is 2.33. The number of aromatic nitrogens is 3. The highest BCUT2D eigenvalue weighted by atomic mass is 32.1. The van der Waals surface area contributed by atoms with Crippen molar-refractivity contribution in [1.82, 2.24) is 19.9 Å². The van der Waals surface area contributed by atoms with Crippen LogP contribution in [-0.4, -0.2) is 38.5 Å². The van der Waals surface area contributed by atoms with E-state index >= 15 is 0 Å². The molecule has 0 spiro atoms. The predicted octanol–water partition coefficient (Wildman–Crippen LogP) is -0.467. The molecule has 2 N–H and O–H groups in total. The highest BCUT2D eigenvalue weighted by molar-refractivity contribution is 7.80. The summed E-state index contributed by atoms with van der Waals surface area (Å²) in [5.41, 5.74) is 6.32. The minimum atomic E-state index is 0.492. The number of likely N-dealkylation sites (N-methyl/N-ethyl adjacent to an activating group) is 1. The highest BCUT2D eigenvalue weighted by Crippen LogP contribution is 1.96. The molecule has 0 unspecified atom stereocenters. The highest BCUT2D eigenvalue weighted by Gasteiger charge is 2.03. The Bertz CT molecular complexity index is 295. The van der Waals surface area contributed by atoms with Gasteiger partial charge in [0.15, 0.2) is 0 Å². The summed E-state index contributed by atoms with van der Waals surface area (Å²) in [6.45, 7) is 1.32. The zero-order chi connectivity index (χ0) is 9.84. The van der Waals surface area contributed by atoms with Crippen molar-refractivity contribution in [2.45, 2.75) is 6.54 Å². The van der Waals surface area contributed by atoms with E-state index in [4.69, 9.17) is 18.0 Å². The SMILES string of the molecule is CN(CC(N)=S)Cc1cn(C)nn1. The second-order valence-corrected chi connectivity index (χ2v) is 3.55. The van der Waals surface area contributed by atoms with Gasteiger partial charge < -0.3 is 5.73 Å². The van der Waals surface area contributed by atoms with E-state index in [1.165, 1.54) is 0 Å². The molecular weight excluding hydrogens is 186 g/mol. The monoisotopic (exact) mass is 199 g/mol. The molecule has 5 nitrogen and oxygen atoms in total. The van der Waals surface area contributed by atoms with Crippen molar-refractivity contribution in [3.8, 4) is 0 Å². The van der Waals surface area contributed by atoms with Crippen molar-refractivity contribution < 1.29 is 0 Å². The number of hydrogen-bond acceptors (Lipinski definition) is 4. The zero-order valence-electron chi connectivity index (χ0n) is 7.77. The summed E-state index contributed by atoms with van der Waals surface area (Å²) in [7, 11) is 3.78. The Morgan fingerprint density at radius 3 is 2.92 bits per heavy atom. The van der Waals surface area contributed by atoms with Crippen LogP contribution in [0, 0.1) is 0 Å². The lowest BCUT2D eigenvalue weighted by atomic mass is 10.4. The first kappa shape index (κ1) is 10.1. The molecule has 0 radical (unpaired) electrons. The van der Waals surface area contributed by atoms with Crippen molar-refractivity contribution in [2.24, 2.45) is 12.8 Å². The van der Waals surface area contributed by atoms with E-state index in [2.05, 4.69) is 10.3 Å². The standard InChI is InChI=1S/C7H13N5S/c1-11(5-7(8)13)3-6-4-12(2)10-9-6/h4H,3,5H2,1-2H3,(H2,8,13). The largest absolute Gasteiger partial charge is 0.392 e. The smallest absolute Gasteiger partial charge is 0.0967 e. The molecule has 1 rings (SSSR count). The molecular formula is C7H13N5S. The van der Waals surface area contributed by atoms with Crippen molar-refractivity contribution in [2.75, 3.05) is 13.6 Å². The minimum Gasteiger partial charge on any atom is -0.392 e. The molecule has 0 saturated carbocycles. The summed E-state index contributed by atoms with van der Waals surface area (Å²) in [5.74, 6) is 0. The minimum absolute atomic E-state index is 0.492. The third-order valence-corrected chi connectivity index (χ3v) is 1.64. The first-order valence-electron chi connectivity index (χ1n) is 3.90. The molecule has 0 atom stereocenters. The van der Waals surface area contributed by atoms with Gasteiger partial charge >= 0.3 is 0 Å². The van der Waals surface area contributed by atoms with Gasteiger partial charge in [-0.15, -0.1) is 5.10 Å². The maximum absolute atomic E-state index is 5.40. The molecule has 0 bridgehead atoms. The van der Waals surface area contributed by atoms with Gasteiger partial charge in [-0.1, -0.05) is 17.4 Å². The van der Waals surface area contributed by atoms with Crippen molar-refractivity contribution in [3.05, 3.63) is 11.9 Å². The van der Waals surface area contributed by atoms with Crippen LogP contribution in [0.4, 0.5) is 0 Å². The Labute approximate surface area is 82.5 Å². The second kappa shape index (κ2) is 4.29. The van der Waals surface area contributed by atoms with Gasteiger partial charge in [0.2, 0.25) is 0 Å². The number of aryl methyl sites for hydroxylation is 1. The summed E-state index contributed by atoms with van der Waals surface area (Å²) in [6.07, 6.45) is 1.87. The van der Waals surface area contributed by atoms with Crippen LogP contribution in [0.25, 0.3) is 0 Å². The number of thiocarbonyl (C=S) groups is 1. The van der Waals surface area contributed by atoms with Crippen LogP contribution in [-0.2, 0) is 13.6 Å². The first-order chi connectivity index (χ1) is 6.08. The number of nitrogens with two attached hydrogens (primary N) is 1. The molecule has 72 valence electrons. The van der Waals surface area contributed by atoms with Crippen molar-refractivity contribution in [3.63, 3.8) is 0 Å². The van der Waals surface area contributed by atoms with Gasteiger partial charge in [-0.05, 0) is 7.05 Å². The molecule has 0 fully saturated rings. The lowest BCUT2D eigenvalue weighted by molar-refractivity contribution is 0.369. The predicted molar refractivity (Wildman–Crippen MR) is 54.1 cm³/mol. The number of rotatable bonds is 4. The quantitative estimate of drug-likeness (QED) is 0.664. The normalized spacial score (nSPS) is 10.7. The van der Waals surface area contributed by atoms with Crippen molar-refractivity contribution in [1.29, 1.82) is 0 Å². The fraction of sp³-hybridized carbons (Fsp3) is 0.571. The van der Waals surface area contributed by atoms with E-state index in [0.29, 0.717) is 18.1 Å². The van der Waals surface area contributed by atoms with Gasteiger partial charge in [-0.2, -0.15) is 0 Å². The van der Waals surface area contributed by atoms with E-state index < -0.39 is 0 Å².